The Morgan fingerprint density at radius 2 is 1.89 bits per heavy atom. The molecule has 0 atom stereocenters. The van der Waals surface area contributed by atoms with E-state index in [1.807, 2.05) is 18.2 Å². The van der Waals surface area contributed by atoms with E-state index in [0.717, 1.165) is 0 Å². The summed E-state index contributed by atoms with van der Waals surface area (Å²) in [4.78, 5) is 0. The van der Waals surface area contributed by atoms with Crippen LogP contribution in [0.15, 0.2) is 37.0 Å². The van der Waals surface area contributed by atoms with Crippen LogP contribution in [0, 0.1) is 12.3 Å². The van der Waals surface area contributed by atoms with Gasteiger partial charge in [-0.05, 0) is 0 Å². The largest absolute Gasteiger partial charge is 1.00 e. The third-order valence-electron chi connectivity index (χ3n) is 1.14. The Bertz CT molecular complexity index is 122. The third kappa shape index (κ3) is 2.75. The van der Waals surface area contributed by atoms with Gasteiger partial charge in [-0.3, -0.25) is 0 Å². The van der Waals surface area contributed by atoms with E-state index >= 15 is 0 Å². The summed E-state index contributed by atoms with van der Waals surface area (Å²) in [5, 5.41) is 0. The topological polar surface area (TPSA) is 0 Å². The van der Waals surface area contributed by atoms with Crippen molar-refractivity contribution in [3.8, 4) is 0 Å². The van der Waals surface area contributed by atoms with Crippen LogP contribution in [-0.4, -0.2) is 0 Å². The molecule has 0 heterocycles. The Morgan fingerprint density at radius 1 is 1.33 bits per heavy atom. The molecular formula is C8H9Au. The minimum atomic E-state index is 0. The molecule has 9 heavy (non-hydrogen) atoms. The molecule has 1 heteroatoms. The maximum Gasteiger partial charge on any atom is 1.00 e. The average molecular weight is 302 g/mol. The molecule has 0 N–H and O–H groups in total. The van der Waals surface area contributed by atoms with Crippen molar-refractivity contribution < 1.29 is 22.4 Å². The first kappa shape index (κ1) is 8.83. The molecule has 0 saturated heterocycles. The van der Waals surface area contributed by atoms with Crippen LogP contribution in [0.5, 0.6) is 0 Å². The third-order valence-corrected chi connectivity index (χ3v) is 1.14. The summed E-state index contributed by atoms with van der Waals surface area (Å²) in [6.45, 7) is 3.60. The van der Waals surface area contributed by atoms with Gasteiger partial charge in [-0.2, -0.15) is 0 Å². The first-order valence-electron chi connectivity index (χ1n) is 2.74. The molecule has 0 fully saturated rings. The van der Waals surface area contributed by atoms with Gasteiger partial charge in [-0.15, -0.1) is 0 Å². The normalized spacial score (nSPS) is 15.1. The van der Waals surface area contributed by atoms with E-state index < -0.39 is 0 Å². The Morgan fingerprint density at radius 3 is 2.33 bits per heavy atom. The van der Waals surface area contributed by atoms with Crippen LogP contribution in [0.3, 0.4) is 0 Å². The summed E-state index contributed by atoms with van der Waals surface area (Å²) >= 11 is 0. The first-order valence-corrected chi connectivity index (χ1v) is 2.74. The van der Waals surface area contributed by atoms with Crippen LogP contribution in [0.1, 0.15) is 0 Å². The molecular weight excluding hydrogens is 293 g/mol. The summed E-state index contributed by atoms with van der Waals surface area (Å²) in [6.07, 6.45) is 12.2. The van der Waals surface area contributed by atoms with Gasteiger partial charge in [0.2, 0.25) is 0 Å². The van der Waals surface area contributed by atoms with E-state index in [1.54, 1.807) is 0 Å². The summed E-state index contributed by atoms with van der Waals surface area (Å²) in [5.74, 6) is 0.507. The fraction of sp³-hybridized carbons (Fsp3) is 0.125. The SMILES string of the molecule is C=C[CH-]C1C=CC=C1.[Au+]. The summed E-state index contributed by atoms with van der Waals surface area (Å²) < 4.78 is 0. The van der Waals surface area contributed by atoms with Gasteiger partial charge in [0.15, 0.2) is 0 Å². The molecule has 0 unspecified atom stereocenters. The standard InChI is InChI=1S/C8H9.Au/c1-2-5-8-6-3-4-7-8;/h2-8H,1H2;/q-1;+1. The van der Waals surface area contributed by atoms with Gasteiger partial charge in [0.05, 0.1) is 0 Å². The zero-order valence-electron chi connectivity index (χ0n) is 5.05. The molecule has 0 saturated carbocycles. The number of allylic oxidation sites excluding steroid dienone is 5. The van der Waals surface area contributed by atoms with Gasteiger partial charge in [0.1, 0.15) is 0 Å². The Labute approximate surface area is 71.9 Å². The van der Waals surface area contributed by atoms with Crippen molar-refractivity contribution in [2.24, 2.45) is 5.92 Å². The van der Waals surface area contributed by atoms with E-state index in [4.69, 9.17) is 0 Å². The predicted molar refractivity (Wildman–Crippen MR) is 36.3 cm³/mol. The molecule has 0 bridgehead atoms. The molecule has 1 aliphatic carbocycles. The molecule has 0 radical (unpaired) electrons. The summed E-state index contributed by atoms with van der Waals surface area (Å²) in [6, 6.07) is 0. The van der Waals surface area contributed by atoms with Crippen LogP contribution >= 0.6 is 0 Å². The van der Waals surface area contributed by atoms with Crippen LogP contribution in [0.2, 0.25) is 0 Å². The van der Waals surface area contributed by atoms with E-state index in [-0.39, 0.29) is 22.4 Å². The number of rotatable bonds is 2. The maximum atomic E-state index is 3.60. The van der Waals surface area contributed by atoms with E-state index in [1.165, 1.54) is 0 Å². The molecule has 52 valence electrons. The molecule has 0 amide bonds. The molecule has 0 spiro atoms. The molecule has 0 aliphatic heterocycles. The Kier molecular flexibility index (Phi) is 4.60. The fourth-order valence-electron chi connectivity index (χ4n) is 0.734. The first-order chi connectivity index (χ1) is 3.93. The minimum Gasteiger partial charge on any atom is -0.245 e. The van der Waals surface area contributed by atoms with Gasteiger partial charge < -0.3 is 0 Å². The van der Waals surface area contributed by atoms with Crippen molar-refractivity contribution in [3.63, 3.8) is 0 Å². The monoisotopic (exact) mass is 302 g/mol. The molecule has 0 nitrogen and oxygen atoms in total. The van der Waals surface area contributed by atoms with Gasteiger partial charge in [0.25, 0.3) is 0 Å². The number of hydrogen-bond donors (Lipinski definition) is 0. The number of hydrogen-bond acceptors (Lipinski definition) is 0. The molecule has 1 rings (SSSR count). The zero-order valence-corrected chi connectivity index (χ0v) is 7.22. The Balaban J connectivity index is 0.000000640. The van der Waals surface area contributed by atoms with Gasteiger partial charge in [0, 0.05) is 0 Å². The van der Waals surface area contributed by atoms with Crippen molar-refractivity contribution in [3.05, 3.63) is 43.4 Å². The zero-order chi connectivity index (χ0) is 5.82. The summed E-state index contributed by atoms with van der Waals surface area (Å²) in [5.41, 5.74) is 0. The molecule has 0 aromatic heterocycles. The van der Waals surface area contributed by atoms with Crippen LogP contribution < -0.4 is 0 Å². The van der Waals surface area contributed by atoms with Crippen molar-refractivity contribution in [2.75, 3.05) is 0 Å². The van der Waals surface area contributed by atoms with E-state index in [9.17, 15) is 0 Å². The second-order valence-electron chi connectivity index (χ2n) is 1.78. The smallest absolute Gasteiger partial charge is 0.245 e. The second-order valence-corrected chi connectivity index (χ2v) is 1.78. The Hall–Kier alpha value is -0.170. The molecule has 0 aromatic rings. The van der Waals surface area contributed by atoms with Crippen LogP contribution in [-0.2, 0) is 22.4 Å². The fourth-order valence-corrected chi connectivity index (χ4v) is 0.734. The average Bonchev–Trinajstić information content (AvgIpc) is 2.19. The quantitative estimate of drug-likeness (QED) is 0.541. The molecule has 1 aliphatic rings. The van der Waals surface area contributed by atoms with Gasteiger partial charge in [-0.1, -0.05) is 30.2 Å². The van der Waals surface area contributed by atoms with Crippen molar-refractivity contribution in [2.45, 2.75) is 0 Å². The van der Waals surface area contributed by atoms with Crippen LogP contribution in [0.4, 0.5) is 0 Å². The van der Waals surface area contributed by atoms with Gasteiger partial charge >= 0.3 is 22.4 Å². The predicted octanol–water partition coefficient (Wildman–Crippen LogP) is 2.12. The van der Waals surface area contributed by atoms with Crippen LogP contribution in [0.25, 0.3) is 0 Å². The van der Waals surface area contributed by atoms with E-state index in [2.05, 4.69) is 25.2 Å². The van der Waals surface area contributed by atoms with Crippen molar-refractivity contribution in [1.29, 1.82) is 0 Å². The summed E-state index contributed by atoms with van der Waals surface area (Å²) in [7, 11) is 0. The minimum absolute atomic E-state index is 0. The van der Waals surface area contributed by atoms with Crippen molar-refractivity contribution in [1.82, 2.24) is 0 Å². The van der Waals surface area contributed by atoms with Gasteiger partial charge in [-0.25, -0.2) is 19.1 Å². The maximum absolute atomic E-state index is 3.60. The molecule has 0 aromatic carbocycles. The van der Waals surface area contributed by atoms with Crippen molar-refractivity contribution >= 4 is 0 Å². The van der Waals surface area contributed by atoms with E-state index in [0.29, 0.717) is 5.92 Å². The second kappa shape index (κ2) is 4.68.